The molecule has 1 rings (SSSR count). The Balaban J connectivity index is 3.01. The van der Waals surface area contributed by atoms with Crippen molar-refractivity contribution in [3.63, 3.8) is 0 Å². The van der Waals surface area contributed by atoms with Crippen molar-refractivity contribution in [2.45, 2.75) is 6.54 Å². The van der Waals surface area contributed by atoms with Crippen LogP contribution in [0.25, 0.3) is 0 Å². The lowest BCUT2D eigenvalue weighted by Crippen LogP contribution is -2.24. The second kappa shape index (κ2) is 4.36. The van der Waals surface area contributed by atoms with Crippen LogP contribution in [0.4, 0.5) is 5.69 Å². The maximum atomic E-state index is 11.5. The minimum atomic E-state index is -3.08. The van der Waals surface area contributed by atoms with E-state index < -0.39 is 9.84 Å². The molecular weight excluding hydrogens is 284 g/mol. The van der Waals surface area contributed by atoms with E-state index in [0.29, 0.717) is 10.2 Å². The van der Waals surface area contributed by atoms with Gasteiger partial charge in [-0.15, -0.1) is 0 Å². The number of anilines is 1. The number of rotatable bonds is 3. The van der Waals surface area contributed by atoms with E-state index in [1.54, 1.807) is 0 Å². The average molecular weight is 295 g/mol. The van der Waals surface area contributed by atoms with E-state index in [4.69, 9.17) is 5.73 Å². The van der Waals surface area contributed by atoms with Gasteiger partial charge in [0.1, 0.15) is 9.84 Å². The van der Waals surface area contributed by atoms with E-state index in [0.717, 1.165) is 6.26 Å². The molecule has 0 bridgehead atoms. The molecule has 0 unspecified atom stereocenters. The molecule has 5 nitrogen and oxygen atoms in total. The lowest BCUT2D eigenvalue weighted by atomic mass is 10.4. The number of sulfone groups is 1. The normalized spacial score (nSPS) is 11.6. The minimum Gasteiger partial charge on any atom is -0.398 e. The Bertz CT molecular complexity index is 521. The number of nitrogens with zero attached hydrogens (tertiary/aromatic N) is 1. The van der Waals surface area contributed by atoms with Gasteiger partial charge in [-0.25, -0.2) is 8.42 Å². The standard InChI is InChI=1S/C8H11BrN2O3S/c1-15(13,14)3-2-11-5-6(10)4-7(9)8(11)12/h4-5H,2-3,10H2,1H3. The van der Waals surface area contributed by atoms with Crippen LogP contribution in [0.15, 0.2) is 21.5 Å². The van der Waals surface area contributed by atoms with Crippen LogP contribution in [0, 0.1) is 0 Å². The van der Waals surface area contributed by atoms with Crippen LogP contribution < -0.4 is 11.3 Å². The molecule has 0 aliphatic carbocycles. The zero-order valence-corrected chi connectivity index (χ0v) is 10.5. The highest BCUT2D eigenvalue weighted by atomic mass is 79.9. The van der Waals surface area contributed by atoms with Gasteiger partial charge in [-0.3, -0.25) is 4.79 Å². The summed E-state index contributed by atoms with van der Waals surface area (Å²) in [5, 5.41) is 0. The number of nitrogens with two attached hydrogens (primary N) is 1. The first-order valence-electron chi connectivity index (χ1n) is 4.13. The Kier molecular flexibility index (Phi) is 3.56. The Labute approximate surface area is 96.0 Å². The Morgan fingerprint density at radius 3 is 2.67 bits per heavy atom. The van der Waals surface area contributed by atoms with Crippen LogP contribution in [-0.4, -0.2) is 25.0 Å². The van der Waals surface area contributed by atoms with Gasteiger partial charge in [-0.1, -0.05) is 0 Å². The smallest absolute Gasteiger partial charge is 0.265 e. The zero-order valence-electron chi connectivity index (χ0n) is 8.10. The third-order valence-electron chi connectivity index (χ3n) is 1.77. The predicted molar refractivity (Wildman–Crippen MR) is 62.5 cm³/mol. The molecule has 0 aromatic carbocycles. The molecular formula is C8H11BrN2O3S. The van der Waals surface area contributed by atoms with E-state index in [2.05, 4.69) is 15.9 Å². The van der Waals surface area contributed by atoms with E-state index in [1.165, 1.54) is 16.8 Å². The van der Waals surface area contributed by atoms with E-state index in [-0.39, 0.29) is 17.9 Å². The molecule has 0 radical (unpaired) electrons. The SMILES string of the molecule is CS(=O)(=O)CCn1cc(N)cc(Br)c1=O. The number of hydrogen-bond acceptors (Lipinski definition) is 4. The van der Waals surface area contributed by atoms with Crippen molar-refractivity contribution in [1.82, 2.24) is 4.57 Å². The van der Waals surface area contributed by atoms with Gasteiger partial charge in [0, 0.05) is 24.7 Å². The third-order valence-corrected chi connectivity index (χ3v) is 3.26. The highest BCUT2D eigenvalue weighted by molar-refractivity contribution is 9.10. The fourth-order valence-corrected chi connectivity index (χ4v) is 2.07. The second-order valence-electron chi connectivity index (χ2n) is 3.25. The van der Waals surface area contributed by atoms with Gasteiger partial charge >= 0.3 is 0 Å². The highest BCUT2D eigenvalue weighted by Crippen LogP contribution is 2.08. The molecule has 1 aromatic heterocycles. The molecule has 1 heterocycles. The fourth-order valence-electron chi connectivity index (χ4n) is 1.05. The minimum absolute atomic E-state index is 0.0806. The van der Waals surface area contributed by atoms with Gasteiger partial charge in [-0.05, 0) is 22.0 Å². The molecule has 1 aromatic rings. The monoisotopic (exact) mass is 294 g/mol. The van der Waals surface area contributed by atoms with Gasteiger partial charge in [0.2, 0.25) is 0 Å². The first-order chi connectivity index (χ1) is 6.79. The number of pyridine rings is 1. The van der Waals surface area contributed by atoms with E-state index >= 15 is 0 Å². The lowest BCUT2D eigenvalue weighted by Gasteiger charge is -2.06. The van der Waals surface area contributed by atoms with Crippen molar-refractivity contribution < 1.29 is 8.42 Å². The predicted octanol–water partition coefficient (Wildman–Crippen LogP) is 0.238. The van der Waals surface area contributed by atoms with Gasteiger partial charge < -0.3 is 10.3 Å². The summed E-state index contributed by atoms with van der Waals surface area (Å²) in [5.74, 6) is -0.0806. The molecule has 84 valence electrons. The molecule has 0 fully saturated rings. The summed E-state index contributed by atoms with van der Waals surface area (Å²) in [5.41, 5.74) is 5.66. The Morgan fingerprint density at radius 2 is 2.13 bits per heavy atom. The molecule has 0 spiro atoms. The Hall–Kier alpha value is -0.820. The maximum absolute atomic E-state index is 11.5. The molecule has 0 amide bonds. The number of aryl methyl sites for hydroxylation is 1. The molecule has 0 saturated carbocycles. The molecule has 15 heavy (non-hydrogen) atoms. The number of aromatic nitrogens is 1. The van der Waals surface area contributed by atoms with Gasteiger partial charge in [-0.2, -0.15) is 0 Å². The quantitative estimate of drug-likeness (QED) is 0.866. The fraction of sp³-hybridized carbons (Fsp3) is 0.375. The number of halogens is 1. The molecule has 7 heteroatoms. The first-order valence-corrected chi connectivity index (χ1v) is 6.98. The highest BCUT2D eigenvalue weighted by Gasteiger charge is 2.06. The topological polar surface area (TPSA) is 82.2 Å². The van der Waals surface area contributed by atoms with Gasteiger partial charge in [0.25, 0.3) is 5.56 Å². The van der Waals surface area contributed by atoms with Crippen LogP contribution in [0.5, 0.6) is 0 Å². The first kappa shape index (κ1) is 12.3. The van der Waals surface area contributed by atoms with Crippen molar-refractivity contribution in [2.75, 3.05) is 17.7 Å². The van der Waals surface area contributed by atoms with E-state index in [9.17, 15) is 13.2 Å². The number of hydrogen-bond donors (Lipinski definition) is 1. The molecule has 2 N–H and O–H groups in total. The van der Waals surface area contributed by atoms with Crippen molar-refractivity contribution >= 4 is 31.5 Å². The Morgan fingerprint density at radius 1 is 1.53 bits per heavy atom. The van der Waals surface area contributed by atoms with Crippen LogP contribution in [0.2, 0.25) is 0 Å². The second-order valence-corrected chi connectivity index (χ2v) is 6.36. The van der Waals surface area contributed by atoms with Crippen molar-refractivity contribution in [3.05, 3.63) is 27.1 Å². The average Bonchev–Trinajstić information content (AvgIpc) is 2.07. The maximum Gasteiger partial charge on any atom is 0.265 e. The summed E-state index contributed by atoms with van der Waals surface area (Å²) in [6.07, 6.45) is 2.55. The largest absolute Gasteiger partial charge is 0.398 e. The van der Waals surface area contributed by atoms with Crippen LogP contribution in [0.3, 0.4) is 0 Å². The number of nitrogen functional groups attached to an aromatic ring is 1. The molecule has 0 saturated heterocycles. The summed E-state index contributed by atoms with van der Waals surface area (Å²) >= 11 is 3.05. The van der Waals surface area contributed by atoms with Crippen LogP contribution >= 0.6 is 15.9 Å². The zero-order chi connectivity index (χ0) is 11.6. The summed E-state index contributed by atoms with van der Waals surface area (Å²) in [6, 6.07) is 1.49. The summed E-state index contributed by atoms with van der Waals surface area (Å²) in [7, 11) is -3.08. The van der Waals surface area contributed by atoms with Crippen molar-refractivity contribution in [1.29, 1.82) is 0 Å². The summed E-state index contributed by atoms with van der Waals surface area (Å²) in [4.78, 5) is 11.5. The lowest BCUT2D eigenvalue weighted by molar-refractivity contribution is 0.593. The van der Waals surface area contributed by atoms with Crippen molar-refractivity contribution in [3.8, 4) is 0 Å². The molecule has 0 aliphatic rings. The van der Waals surface area contributed by atoms with Crippen molar-refractivity contribution in [2.24, 2.45) is 0 Å². The van der Waals surface area contributed by atoms with E-state index in [1.807, 2.05) is 0 Å². The third kappa shape index (κ3) is 3.67. The van der Waals surface area contributed by atoms with Crippen LogP contribution in [0.1, 0.15) is 0 Å². The summed E-state index contributed by atoms with van der Waals surface area (Å²) in [6.45, 7) is 0.112. The van der Waals surface area contributed by atoms with Gasteiger partial charge in [0.05, 0.1) is 10.2 Å². The van der Waals surface area contributed by atoms with Gasteiger partial charge in [0.15, 0.2) is 0 Å². The molecule has 0 aliphatic heterocycles. The summed E-state index contributed by atoms with van der Waals surface area (Å²) < 4.78 is 23.5. The molecule has 0 atom stereocenters. The van der Waals surface area contributed by atoms with Crippen LogP contribution in [-0.2, 0) is 16.4 Å².